The van der Waals surface area contributed by atoms with Gasteiger partial charge in [-0.15, -0.1) is 0 Å². The van der Waals surface area contributed by atoms with E-state index in [2.05, 4.69) is 15.6 Å². The molecule has 10 nitrogen and oxygen atoms in total. The van der Waals surface area contributed by atoms with E-state index in [1.54, 1.807) is 24.3 Å². The Balaban J connectivity index is 1.54. The molecule has 1 aromatic heterocycles. The third-order valence-electron chi connectivity index (χ3n) is 4.79. The molecule has 0 bridgehead atoms. The lowest BCUT2D eigenvalue weighted by molar-refractivity contribution is 0.0955. The number of carbonyl (C=O) groups is 2. The SMILES string of the molecule is NC(=O)c1ccc(OCCNCC(O)COc2ncc(C(=O)NCCCCCCCO)s2)cc1. The number of benzene rings is 1. The van der Waals surface area contributed by atoms with E-state index in [0.29, 0.717) is 47.6 Å². The molecule has 0 aliphatic carbocycles. The number of aliphatic hydroxyl groups excluding tert-OH is 2. The lowest BCUT2D eigenvalue weighted by atomic mass is 10.1. The Kier molecular flexibility index (Phi) is 12.9. The highest BCUT2D eigenvalue weighted by Crippen LogP contribution is 2.20. The average molecular weight is 495 g/mol. The van der Waals surface area contributed by atoms with Gasteiger partial charge in [0.15, 0.2) is 0 Å². The Bertz CT molecular complexity index is 861. The van der Waals surface area contributed by atoms with Crippen LogP contribution in [0, 0.1) is 0 Å². The molecular formula is C23H34N4O6S. The van der Waals surface area contributed by atoms with E-state index in [9.17, 15) is 14.7 Å². The number of aliphatic hydroxyl groups is 2. The lowest BCUT2D eigenvalue weighted by Crippen LogP contribution is -2.33. The van der Waals surface area contributed by atoms with Crippen molar-refractivity contribution in [3.63, 3.8) is 0 Å². The number of hydrogen-bond acceptors (Lipinski definition) is 9. The van der Waals surface area contributed by atoms with Crippen molar-refractivity contribution >= 4 is 23.2 Å². The monoisotopic (exact) mass is 494 g/mol. The fraction of sp³-hybridized carbons (Fsp3) is 0.522. The minimum absolute atomic E-state index is 0.0465. The molecule has 0 spiro atoms. The molecule has 2 rings (SSSR count). The van der Waals surface area contributed by atoms with Gasteiger partial charge in [-0.3, -0.25) is 9.59 Å². The highest BCUT2D eigenvalue weighted by molar-refractivity contribution is 7.15. The molecule has 1 atom stereocenters. The van der Waals surface area contributed by atoms with Crippen molar-refractivity contribution in [3.05, 3.63) is 40.9 Å². The third-order valence-corrected chi connectivity index (χ3v) is 5.70. The standard InChI is InChI=1S/C23H34N4O6S/c24-21(30)17-6-8-19(9-7-17)32-13-11-25-14-18(29)16-33-23-27-15-20(34-23)22(31)26-10-4-2-1-3-5-12-28/h6-9,15,18,25,28-29H,1-5,10-14,16H2,(H2,24,30)(H,26,31). The predicted molar refractivity (Wildman–Crippen MR) is 129 cm³/mol. The van der Waals surface area contributed by atoms with Crippen LogP contribution in [0.15, 0.2) is 30.5 Å². The Morgan fingerprint density at radius 3 is 2.53 bits per heavy atom. The Hall–Kier alpha value is -2.73. The molecule has 2 aromatic rings. The zero-order chi connectivity index (χ0) is 24.6. The van der Waals surface area contributed by atoms with Gasteiger partial charge >= 0.3 is 0 Å². The summed E-state index contributed by atoms with van der Waals surface area (Å²) in [6.45, 7) is 2.07. The van der Waals surface area contributed by atoms with Gasteiger partial charge in [0.25, 0.3) is 11.1 Å². The van der Waals surface area contributed by atoms with Crippen molar-refractivity contribution in [2.24, 2.45) is 5.73 Å². The van der Waals surface area contributed by atoms with Crippen molar-refractivity contribution in [2.75, 3.05) is 39.5 Å². The summed E-state index contributed by atoms with van der Waals surface area (Å²) in [5.74, 6) is -0.0506. The average Bonchev–Trinajstić information content (AvgIpc) is 3.31. The minimum atomic E-state index is -0.748. The summed E-state index contributed by atoms with van der Waals surface area (Å²) in [5.41, 5.74) is 5.62. The van der Waals surface area contributed by atoms with Crippen LogP contribution in [0.2, 0.25) is 0 Å². The van der Waals surface area contributed by atoms with Crippen molar-refractivity contribution in [2.45, 2.75) is 38.2 Å². The highest BCUT2D eigenvalue weighted by Gasteiger charge is 2.12. The van der Waals surface area contributed by atoms with E-state index < -0.39 is 12.0 Å². The largest absolute Gasteiger partial charge is 0.492 e. The number of nitrogens with zero attached hydrogens (tertiary/aromatic N) is 1. The first-order valence-electron chi connectivity index (χ1n) is 11.4. The molecule has 1 unspecified atom stereocenters. The number of hydrogen-bond donors (Lipinski definition) is 5. The Labute approximate surface area is 203 Å². The summed E-state index contributed by atoms with van der Waals surface area (Å²) in [4.78, 5) is 27.7. The number of unbranched alkanes of at least 4 members (excludes halogenated alkanes) is 4. The van der Waals surface area contributed by atoms with Gasteiger partial charge in [-0.1, -0.05) is 30.6 Å². The molecule has 0 saturated heterocycles. The number of carbonyl (C=O) groups excluding carboxylic acids is 2. The maximum Gasteiger partial charge on any atom is 0.273 e. The highest BCUT2D eigenvalue weighted by atomic mass is 32.1. The molecule has 1 heterocycles. The first kappa shape index (κ1) is 27.5. The van der Waals surface area contributed by atoms with Gasteiger partial charge in [0.05, 0.1) is 6.20 Å². The molecule has 0 saturated carbocycles. The fourth-order valence-corrected chi connectivity index (χ4v) is 3.63. The molecule has 0 aliphatic heterocycles. The summed E-state index contributed by atoms with van der Waals surface area (Å²) in [5, 5.41) is 25.1. The van der Waals surface area contributed by atoms with Crippen molar-refractivity contribution < 1.29 is 29.3 Å². The number of aromatic nitrogens is 1. The van der Waals surface area contributed by atoms with Crippen LogP contribution in [0.25, 0.3) is 0 Å². The van der Waals surface area contributed by atoms with E-state index in [1.807, 2.05) is 0 Å². The second kappa shape index (κ2) is 16.0. The minimum Gasteiger partial charge on any atom is -0.492 e. The Morgan fingerprint density at radius 1 is 1.06 bits per heavy atom. The maximum atomic E-state index is 12.2. The summed E-state index contributed by atoms with van der Waals surface area (Å²) < 4.78 is 11.0. The molecule has 0 radical (unpaired) electrons. The van der Waals surface area contributed by atoms with E-state index >= 15 is 0 Å². The van der Waals surface area contributed by atoms with E-state index in [-0.39, 0.29) is 19.1 Å². The molecule has 11 heteroatoms. The topological polar surface area (TPSA) is 156 Å². The summed E-state index contributed by atoms with van der Waals surface area (Å²) in [6, 6.07) is 6.55. The molecule has 2 amide bonds. The van der Waals surface area contributed by atoms with Gasteiger partial charge in [-0.25, -0.2) is 4.98 Å². The molecule has 188 valence electrons. The van der Waals surface area contributed by atoms with E-state index in [4.69, 9.17) is 20.3 Å². The van der Waals surface area contributed by atoms with Crippen LogP contribution in [-0.4, -0.2) is 72.6 Å². The van der Waals surface area contributed by atoms with Gasteiger partial charge in [-0.2, -0.15) is 0 Å². The van der Waals surface area contributed by atoms with Gasteiger partial charge in [0, 0.05) is 31.8 Å². The molecular weight excluding hydrogens is 460 g/mol. The second-order valence-electron chi connectivity index (χ2n) is 7.64. The zero-order valence-electron chi connectivity index (χ0n) is 19.2. The van der Waals surface area contributed by atoms with Crippen LogP contribution in [0.3, 0.4) is 0 Å². The molecule has 0 fully saturated rings. The zero-order valence-corrected chi connectivity index (χ0v) is 20.0. The van der Waals surface area contributed by atoms with Gasteiger partial charge in [0.1, 0.15) is 29.9 Å². The normalized spacial score (nSPS) is 11.7. The number of thiazole rings is 1. The van der Waals surface area contributed by atoms with Gasteiger partial charge in [-0.05, 0) is 37.1 Å². The number of rotatable bonds is 18. The van der Waals surface area contributed by atoms with Crippen molar-refractivity contribution in [1.82, 2.24) is 15.6 Å². The molecule has 1 aromatic carbocycles. The number of amides is 2. The van der Waals surface area contributed by atoms with E-state index in [0.717, 1.165) is 43.4 Å². The van der Waals surface area contributed by atoms with Gasteiger partial charge < -0.3 is 36.1 Å². The van der Waals surface area contributed by atoms with Gasteiger partial charge in [0.2, 0.25) is 5.91 Å². The smallest absolute Gasteiger partial charge is 0.273 e. The summed E-state index contributed by atoms with van der Waals surface area (Å²) in [6.07, 6.45) is 5.50. The molecule has 6 N–H and O–H groups in total. The summed E-state index contributed by atoms with van der Waals surface area (Å²) >= 11 is 1.14. The lowest BCUT2D eigenvalue weighted by Gasteiger charge is -2.12. The van der Waals surface area contributed by atoms with Crippen LogP contribution >= 0.6 is 11.3 Å². The quantitative estimate of drug-likeness (QED) is 0.194. The molecule has 0 aliphatic rings. The first-order chi connectivity index (χ1) is 16.5. The Morgan fingerprint density at radius 2 is 1.79 bits per heavy atom. The molecule has 34 heavy (non-hydrogen) atoms. The second-order valence-corrected chi connectivity index (χ2v) is 8.64. The predicted octanol–water partition coefficient (Wildman–Crippen LogP) is 1.32. The van der Waals surface area contributed by atoms with Crippen LogP contribution in [0.5, 0.6) is 10.9 Å². The number of primary amides is 1. The van der Waals surface area contributed by atoms with Crippen LogP contribution < -0.4 is 25.8 Å². The van der Waals surface area contributed by atoms with E-state index in [1.165, 1.54) is 6.20 Å². The third kappa shape index (κ3) is 10.9. The van der Waals surface area contributed by atoms with Crippen molar-refractivity contribution in [3.8, 4) is 10.9 Å². The van der Waals surface area contributed by atoms with Crippen LogP contribution in [0.1, 0.15) is 52.1 Å². The number of nitrogens with one attached hydrogen (secondary N) is 2. The summed E-state index contributed by atoms with van der Waals surface area (Å²) in [7, 11) is 0. The van der Waals surface area contributed by atoms with Crippen LogP contribution in [-0.2, 0) is 0 Å². The maximum absolute atomic E-state index is 12.2. The number of nitrogens with two attached hydrogens (primary N) is 1. The van der Waals surface area contributed by atoms with Crippen LogP contribution in [0.4, 0.5) is 0 Å². The fourth-order valence-electron chi connectivity index (χ4n) is 2.94. The van der Waals surface area contributed by atoms with Crippen molar-refractivity contribution in [1.29, 1.82) is 0 Å². The number of ether oxygens (including phenoxy) is 2. The first-order valence-corrected chi connectivity index (χ1v) is 12.2.